The zero-order chi connectivity index (χ0) is 17.1. The molecule has 1 N–H and O–H groups in total. The minimum Gasteiger partial charge on any atom is -0.350 e. The number of para-hydroxylation sites is 1. The van der Waals surface area contributed by atoms with E-state index in [-0.39, 0.29) is 11.9 Å². The number of amides is 1. The highest BCUT2D eigenvalue weighted by molar-refractivity contribution is 6.07. The van der Waals surface area contributed by atoms with Crippen molar-refractivity contribution in [2.24, 2.45) is 0 Å². The number of aromatic nitrogens is 1. The Morgan fingerprint density at radius 1 is 1.12 bits per heavy atom. The van der Waals surface area contributed by atoms with Crippen LogP contribution in [-0.4, -0.2) is 16.9 Å². The Balaban J connectivity index is 2.17. The average Bonchev–Trinajstić information content (AvgIpc) is 2.61. The fraction of sp³-hybridized carbons (Fsp3) is 0.238. The first-order valence-corrected chi connectivity index (χ1v) is 8.36. The lowest BCUT2D eigenvalue weighted by molar-refractivity contribution is 0.0941. The summed E-state index contributed by atoms with van der Waals surface area (Å²) in [7, 11) is 0. The molecule has 0 saturated carbocycles. The number of hydrogen-bond donors (Lipinski definition) is 1. The first-order chi connectivity index (χ1) is 11.6. The second-order valence-electron chi connectivity index (χ2n) is 6.17. The maximum Gasteiger partial charge on any atom is 0.252 e. The van der Waals surface area contributed by atoms with E-state index < -0.39 is 0 Å². The largest absolute Gasteiger partial charge is 0.350 e. The van der Waals surface area contributed by atoms with Crippen molar-refractivity contribution in [2.45, 2.75) is 33.2 Å². The molecule has 3 rings (SSSR count). The fourth-order valence-corrected chi connectivity index (χ4v) is 2.77. The van der Waals surface area contributed by atoms with Gasteiger partial charge in [-0.2, -0.15) is 0 Å². The van der Waals surface area contributed by atoms with Crippen LogP contribution in [0.5, 0.6) is 0 Å². The predicted octanol–water partition coefficient (Wildman–Crippen LogP) is 4.74. The van der Waals surface area contributed by atoms with Gasteiger partial charge in [0.1, 0.15) is 0 Å². The molecular weight excluding hydrogens is 296 g/mol. The zero-order valence-corrected chi connectivity index (χ0v) is 14.3. The highest BCUT2D eigenvalue weighted by Gasteiger charge is 2.15. The molecule has 1 aromatic heterocycles. The number of rotatable bonds is 4. The smallest absolute Gasteiger partial charge is 0.252 e. The molecule has 1 heterocycles. The summed E-state index contributed by atoms with van der Waals surface area (Å²) in [5.74, 6) is -0.0437. The monoisotopic (exact) mass is 318 g/mol. The standard InChI is InChI=1S/C21H22N2O/c1-4-15(3)22-21(24)18-13-20(16-10-6-5-9-14(16)2)23-19-12-8-7-11-17(18)19/h5-13,15H,4H2,1-3H3,(H,22,24). The van der Waals surface area contributed by atoms with Crippen LogP contribution in [0.15, 0.2) is 54.6 Å². The summed E-state index contributed by atoms with van der Waals surface area (Å²) in [4.78, 5) is 17.5. The van der Waals surface area contributed by atoms with Gasteiger partial charge < -0.3 is 5.32 Å². The van der Waals surface area contributed by atoms with Crippen molar-refractivity contribution in [1.29, 1.82) is 0 Å². The van der Waals surface area contributed by atoms with Gasteiger partial charge in [0, 0.05) is 17.0 Å². The minimum absolute atomic E-state index is 0.0437. The number of nitrogens with zero attached hydrogens (tertiary/aromatic N) is 1. The van der Waals surface area contributed by atoms with Crippen molar-refractivity contribution in [1.82, 2.24) is 10.3 Å². The second-order valence-corrected chi connectivity index (χ2v) is 6.17. The number of aryl methyl sites for hydroxylation is 1. The molecule has 3 heteroatoms. The highest BCUT2D eigenvalue weighted by Crippen LogP contribution is 2.27. The van der Waals surface area contributed by atoms with Gasteiger partial charge >= 0.3 is 0 Å². The van der Waals surface area contributed by atoms with Gasteiger partial charge in [0.25, 0.3) is 5.91 Å². The molecule has 1 amide bonds. The van der Waals surface area contributed by atoms with Gasteiger partial charge in [-0.25, -0.2) is 4.98 Å². The topological polar surface area (TPSA) is 42.0 Å². The molecule has 3 nitrogen and oxygen atoms in total. The van der Waals surface area contributed by atoms with Crippen LogP contribution in [0.25, 0.3) is 22.2 Å². The van der Waals surface area contributed by atoms with Crippen molar-refractivity contribution >= 4 is 16.8 Å². The van der Waals surface area contributed by atoms with E-state index in [2.05, 4.69) is 25.2 Å². The van der Waals surface area contributed by atoms with Gasteiger partial charge in [-0.05, 0) is 38.0 Å². The minimum atomic E-state index is -0.0437. The lowest BCUT2D eigenvalue weighted by Crippen LogP contribution is -2.32. The number of carbonyl (C=O) groups is 1. The Morgan fingerprint density at radius 2 is 1.83 bits per heavy atom. The van der Waals surface area contributed by atoms with Gasteiger partial charge in [0.15, 0.2) is 0 Å². The molecule has 1 atom stereocenters. The van der Waals surface area contributed by atoms with Gasteiger partial charge in [0.2, 0.25) is 0 Å². The number of fused-ring (bicyclic) bond motifs is 1. The normalized spacial score (nSPS) is 12.1. The summed E-state index contributed by atoms with van der Waals surface area (Å²) < 4.78 is 0. The van der Waals surface area contributed by atoms with E-state index in [1.165, 1.54) is 0 Å². The summed E-state index contributed by atoms with van der Waals surface area (Å²) in [5, 5.41) is 3.95. The Morgan fingerprint density at radius 3 is 2.58 bits per heavy atom. The number of carbonyl (C=O) groups excluding carboxylic acids is 1. The number of benzene rings is 2. The van der Waals surface area contributed by atoms with Gasteiger partial charge in [0.05, 0.1) is 16.8 Å². The van der Waals surface area contributed by atoms with E-state index in [0.717, 1.165) is 34.1 Å². The molecule has 1 unspecified atom stereocenters. The molecule has 0 radical (unpaired) electrons. The van der Waals surface area contributed by atoms with E-state index in [1.807, 2.05) is 55.5 Å². The molecule has 122 valence electrons. The van der Waals surface area contributed by atoms with Crippen LogP contribution in [-0.2, 0) is 0 Å². The SMILES string of the molecule is CCC(C)NC(=O)c1cc(-c2ccccc2C)nc2ccccc12. The average molecular weight is 318 g/mol. The van der Waals surface area contributed by atoms with Crippen LogP contribution in [0.1, 0.15) is 36.2 Å². The van der Waals surface area contributed by atoms with Gasteiger partial charge in [-0.15, -0.1) is 0 Å². The first kappa shape index (κ1) is 16.2. The maximum atomic E-state index is 12.8. The molecule has 24 heavy (non-hydrogen) atoms. The first-order valence-electron chi connectivity index (χ1n) is 8.36. The van der Waals surface area contributed by atoms with Gasteiger partial charge in [-0.3, -0.25) is 4.79 Å². The number of hydrogen-bond acceptors (Lipinski definition) is 2. The summed E-state index contributed by atoms with van der Waals surface area (Å²) in [6, 6.07) is 18.0. The third-order valence-electron chi connectivity index (χ3n) is 4.37. The van der Waals surface area contributed by atoms with E-state index in [4.69, 9.17) is 4.98 Å². The highest BCUT2D eigenvalue weighted by atomic mass is 16.1. The fourth-order valence-electron chi connectivity index (χ4n) is 2.77. The molecule has 2 aromatic carbocycles. The van der Waals surface area contributed by atoms with Crippen LogP contribution in [0, 0.1) is 6.92 Å². The Kier molecular flexibility index (Phi) is 4.61. The Labute approximate surface area is 142 Å². The van der Waals surface area contributed by atoms with Crippen LogP contribution in [0.2, 0.25) is 0 Å². The molecule has 0 bridgehead atoms. The van der Waals surface area contributed by atoms with E-state index in [0.29, 0.717) is 5.56 Å². The Bertz CT molecular complexity index is 886. The molecule has 0 spiro atoms. The zero-order valence-electron chi connectivity index (χ0n) is 14.3. The van der Waals surface area contributed by atoms with Crippen molar-refractivity contribution in [3.8, 4) is 11.3 Å². The molecule has 0 saturated heterocycles. The molecule has 0 aliphatic rings. The van der Waals surface area contributed by atoms with Crippen LogP contribution < -0.4 is 5.32 Å². The molecule has 0 fully saturated rings. The van der Waals surface area contributed by atoms with Crippen LogP contribution in [0.3, 0.4) is 0 Å². The summed E-state index contributed by atoms with van der Waals surface area (Å²) in [6.07, 6.45) is 0.902. The predicted molar refractivity (Wildman–Crippen MR) is 99.1 cm³/mol. The molecular formula is C21H22N2O. The summed E-state index contributed by atoms with van der Waals surface area (Å²) >= 11 is 0. The molecule has 3 aromatic rings. The second kappa shape index (κ2) is 6.83. The summed E-state index contributed by atoms with van der Waals surface area (Å²) in [6.45, 7) is 6.14. The van der Waals surface area contributed by atoms with Crippen molar-refractivity contribution in [2.75, 3.05) is 0 Å². The van der Waals surface area contributed by atoms with Crippen LogP contribution in [0.4, 0.5) is 0 Å². The van der Waals surface area contributed by atoms with Gasteiger partial charge in [-0.1, -0.05) is 49.4 Å². The summed E-state index contributed by atoms with van der Waals surface area (Å²) in [5.41, 5.74) is 4.56. The molecule has 0 aliphatic carbocycles. The van der Waals surface area contributed by atoms with Crippen molar-refractivity contribution in [3.05, 3.63) is 65.7 Å². The van der Waals surface area contributed by atoms with E-state index in [9.17, 15) is 4.79 Å². The molecule has 0 aliphatic heterocycles. The third-order valence-corrected chi connectivity index (χ3v) is 4.37. The lowest BCUT2D eigenvalue weighted by atomic mass is 10.0. The van der Waals surface area contributed by atoms with Crippen LogP contribution >= 0.6 is 0 Å². The number of nitrogens with one attached hydrogen (secondary N) is 1. The van der Waals surface area contributed by atoms with Crippen molar-refractivity contribution in [3.63, 3.8) is 0 Å². The third kappa shape index (κ3) is 3.16. The van der Waals surface area contributed by atoms with E-state index in [1.54, 1.807) is 0 Å². The quantitative estimate of drug-likeness (QED) is 0.755. The van der Waals surface area contributed by atoms with E-state index >= 15 is 0 Å². The maximum absolute atomic E-state index is 12.8. The number of pyridine rings is 1. The lowest BCUT2D eigenvalue weighted by Gasteiger charge is -2.14. The van der Waals surface area contributed by atoms with Crippen molar-refractivity contribution < 1.29 is 4.79 Å². The Hall–Kier alpha value is -2.68.